The van der Waals surface area contributed by atoms with Crippen LogP contribution in [0.15, 0.2) is 29.6 Å². The van der Waals surface area contributed by atoms with E-state index in [0.29, 0.717) is 16.2 Å². The number of hydrogen-bond acceptors (Lipinski definition) is 3. The monoisotopic (exact) mass is 248 g/mol. The molecule has 0 aliphatic heterocycles. The van der Waals surface area contributed by atoms with Gasteiger partial charge < -0.3 is 9.84 Å². The molecule has 4 heteroatoms. The summed E-state index contributed by atoms with van der Waals surface area (Å²) in [6.45, 7) is 1.97. The summed E-state index contributed by atoms with van der Waals surface area (Å²) in [5.41, 5.74) is 2.61. The van der Waals surface area contributed by atoms with Gasteiger partial charge in [0.15, 0.2) is 0 Å². The number of benzene rings is 1. The summed E-state index contributed by atoms with van der Waals surface area (Å²) in [6, 6.07) is 7.54. The van der Waals surface area contributed by atoms with Crippen LogP contribution in [0.4, 0.5) is 0 Å². The summed E-state index contributed by atoms with van der Waals surface area (Å²) < 4.78 is 5.27. The lowest BCUT2D eigenvalue weighted by molar-refractivity contribution is 0.0703. The molecule has 1 N–H and O–H groups in total. The number of rotatable bonds is 3. The van der Waals surface area contributed by atoms with Crippen LogP contribution in [0.2, 0.25) is 0 Å². The Bertz CT molecular complexity index is 558. The first-order valence-electron chi connectivity index (χ1n) is 5.09. The Hall–Kier alpha value is -1.81. The van der Waals surface area contributed by atoms with Gasteiger partial charge in [-0.2, -0.15) is 0 Å². The highest BCUT2D eigenvalue weighted by atomic mass is 32.1. The van der Waals surface area contributed by atoms with E-state index in [1.54, 1.807) is 12.5 Å². The average Bonchev–Trinajstić information content (AvgIpc) is 2.77. The first-order valence-corrected chi connectivity index (χ1v) is 5.97. The SMILES string of the molecule is COc1ccc(C)cc1-c1ccsc1C(=O)O. The van der Waals surface area contributed by atoms with E-state index < -0.39 is 5.97 Å². The third kappa shape index (κ3) is 2.17. The van der Waals surface area contributed by atoms with Crippen LogP contribution in [-0.4, -0.2) is 18.2 Å². The van der Waals surface area contributed by atoms with Crippen LogP contribution in [0.3, 0.4) is 0 Å². The van der Waals surface area contributed by atoms with Crippen LogP contribution >= 0.6 is 11.3 Å². The number of carbonyl (C=O) groups is 1. The number of aryl methyl sites for hydroxylation is 1. The van der Waals surface area contributed by atoms with Gasteiger partial charge in [-0.3, -0.25) is 0 Å². The molecule has 1 heterocycles. The minimum Gasteiger partial charge on any atom is -0.496 e. The Morgan fingerprint density at radius 3 is 2.71 bits per heavy atom. The zero-order valence-corrected chi connectivity index (χ0v) is 10.4. The fraction of sp³-hybridized carbons (Fsp3) is 0.154. The summed E-state index contributed by atoms with van der Waals surface area (Å²) >= 11 is 1.22. The van der Waals surface area contributed by atoms with Crippen molar-refractivity contribution in [2.75, 3.05) is 7.11 Å². The molecule has 17 heavy (non-hydrogen) atoms. The van der Waals surface area contributed by atoms with Crippen molar-refractivity contribution in [3.63, 3.8) is 0 Å². The van der Waals surface area contributed by atoms with E-state index in [1.807, 2.05) is 31.2 Å². The van der Waals surface area contributed by atoms with Gasteiger partial charge in [-0.15, -0.1) is 11.3 Å². The predicted molar refractivity (Wildman–Crippen MR) is 68.0 cm³/mol. The smallest absolute Gasteiger partial charge is 0.346 e. The van der Waals surface area contributed by atoms with E-state index in [2.05, 4.69) is 0 Å². The van der Waals surface area contributed by atoms with Crippen molar-refractivity contribution in [1.29, 1.82) is 0 Å². The first kappa shape index (κ1) is 11.7. The van der Waals surface area contributed by atoms with Crippen LogP contribution in [-0.2, 0) is 0 Å². The van der Waals surface area contributed by atoms with Crippen LogP contribution in [0.25, 0.3) is 11.1 Å². The molecule has 0 atom stereocenters. The molecule has 0 saturated heterocycles. The molecule has 88 valence electrons. The molecular weight excluding hydrogens is 236 g/mol. The van der Waals surface area contributed by atoms with Crippen LogP contribution in [0, 0.1) is 6.92 Å². The summed E-state index contributed by atoms with van der Waals surface area (Å²) in [6.07, 6.45) is 0. The van der Waals surface area contributed by atoms with E-state index in [0.717, 1.165) is 11.1 Å². The summed E-state index contributed by atoms with van der Waals surface area (Å²) in [5, 5.41) is 10.9. The Kier molecular flexibility index (Phi) is 3.15. The molecule has 2 aromatic rings. The molecule has 1 aromatic carbocycles. The number of hydrogen-bond donors (Lipinski definition) is 1. The molecule has 3 nitrogen and oxygen atoms in total. The van der Waals surface area contributed by atoms with Crippen molar-refractivity contribution in [2.24, 2.45) is 0 Å². The topological polar surface area (TPSA) is 46.5 Å². The van der Waals surface area contributed by atoms with Crippen molar-refractivity contribution in [3.8, 4) is 16.9 Å². The van der Waals surface area contributed by atoms with Gasteiger partial charge in [0.1, 0.15) is 10.6 Å². The maximum atomic E-state index is 11.1. The highest BCUT2D eigenvalue weighted by Gasteiger charge is 2.16. The lowest BCUT2D eigenvalue weighted by Crippen LogP contribution is -1.96. The number of thiophene rings is 1. The van der Waals surface area contributed by atoms with Gasteiger partial charge in [-0.05, 0) is 30.5 Å². The zero-order chi connectivity index (χ0) is 12.4. The molecule has 0 unspecified atom stereocenters. The lowest BCUT2D eigenvalue weighted by Gasteiger charge is -2.09. The number of aromatic carboxylic acids is 1. The second kappa shape index (κ2) is 4.59. The fourth-order valence-corrected chi connectivity index (χ4v) is 2.47. The number of ether oxygens (including phenoxy) is 1. The van der Waals surface area contributed by atoms with E-state index in [4.69, 9.17) is 9.84 Å². The lowest BCUT2D eigenvalue weighted by atomic mass is 10.0. The largest absolute Gasteiger partial charge is 0.496 e. The van der Waals surface area contributed by atoms with Crippen molar-refractivity contribution < 1.29 is 14.6 Å². The second-order valence-electron chi connectivity index (χ2n) is 3.67. The van der Waals surface area contributed by atoms with Gasteiger partial charge in [-0.1, -0.05) is 11.6 Å². The van der Waals surface area contributed by atoms with Crippen LogP contribution < -0.4 is 4.74 Å². The molecule has 0 fully saturated rings. The van der Waals surface area contributed by atoms with Gasteiger partial charge in [0.2, 0.25) is 0 Å². The molecule has 0 saturated carbocycles. The molecular formula is C13H12O3S. The normalized spacial score (nSPS) is 10.2. The maximum absolute atomic E-state index is 11.1. The van der Waals surface area contributed by atoms with Crippen molar-refractivity contribution in [1.82, 2.24) is 0 Å². The van der Waals surface area contributed by atoms with Crippen LogP contribution in [0.5, 0.6) is 5.75 Å². The summed E-state index contributed by atoms with van der Waals surface area (Å²) in [7, 11) is 1.58. The zero-order valence-electron chi connectivity index (χ0n) is 9.56. The fourth-order valence-electron chi connectivity index (χ4n) is 1.72. The molecule has 0 aliphatic carbocycles. The van der Waals surface area contributed by atoms with Crippen molar-refractivity contribution in [3.05, 3.63) is 40.1 Å². The quantitative estimate of drug-likeness (QED) is 0.905. The van der Waals surface area contributed by atoms with Gasteiger partial charge >= 0.3 is 5.97 Å². The van der Waals surface area contributed by atoms with Gasteiger partial charge in [0.25, 0.3) is 0 Å². The molecule has 0 bridgehead atoms. The Balaban J connectivity index is 2.63. The highest BCUT2D eigenvalue weighted by molar-refractivity contribution is 7.12. The predicted octanol–water partition coefficient (Wildman–Crippen LogP) is 3.43. The first-order chi connectivity index (χ1) is 8.13. The van der Waals surface area contributed by atoms with Gasteiger partial charge in [-0.25, -0.2) is 4.79 Å². The Labute approximate surface area is 103 Å². The molecule has 0 amide bonds. The highest BCUT2D eigenvalue weighted by Crippen LogP contribution is 2.35. The van der Waals surface area contributed by atoms with Crippen molar-refractivity contribution >= 4 is 17.3 Å². The number of methoxy groups -OCH3 is 1. The van der Waals surface area contributed by atoms with Gasteiger partial charge in [0, 0.05) is 11.1 Å². The Morgan fingerprint density at radius 2 is 2.06 bits per heavy atom. The van der Waals surface area contributed by atoms with E-state index in [9.17, 15) is 4.79 Å². The maximum Gasteiger partial charge on any atom is 0.346 e. The summed E-state index contributed by atoms with van der Waals surface area (Å²) in [4.78, 5) is 11.5. The Morgan fingerprint density at radius 1 is 1.29 bits per heavy atom. The molecule has 1 aromatic heterocycles. The molecule has 0 radical (unpaired) electrons. The van der Waals surface area contributed by atoms with Crippen LogP contribution in [0.1, 0.15) is 15.2 Å². The number of carboxylic acids is 1. The second-order valence-corrected chi connectivity index (χ2v) is 4.59. The third-order valence-corrected chi connectivity index (χ3v) is 3.41. The van der Waals surface area contributed by atoms with Gasteiger partial charge in [0.05, 0.1) is 7.11 Å². The van der Waals surface area contributed by atoms with E-state index >= 15 is 0 Å². The minimum absolute atomic E-state index is 0.342. The molecule has 0 aliphatic rings. The standard InChI is InChI=1S/C13H12O3S/c1-8-3-4-11(16-2)10(7-8)9-5-6-17-12(9)13(14)15/h3-7H,1-2H3,(H,14,15). The molecule has 2 rings (SSSR count). The minimum atomic E-state index is -0.904. The third-order valence-electron chi connectivity index (χ3n) is 2.50. The van der Waals surface area contributed by atoms with E-state index in [-0.39, 0.29) is 0 Å². The average molecular weight is 248 g/mol. The number of carboxylic acid groups (broad SMARTS) is 1. The molecule has 0 spiro atoms. The summed E-state index contributed by atoms with van der Waals surface area (Å²) in [5.74, 6) is -0.213. The van der Waals surface area contributed by atoms with E-state index in [1.165, 1.54) is 11.3 Å². The van der Waals surface area contributed by atoms with Crippen molar-refractivity contribution in [2.45, 2.75) is 6.92 Å².